The van der Waals surface area contributed by atoms with Gasteiger partial charge < -0.3 is 10.2 Å². The van der Waals surface area contributed by atoms with E-state index in [4.69, 9.17) is 10.2 Å². The number of hydrogen-bond acceptors (Lipinski definition) is 2. The summed E-state index contributed by atoms with van der Waals surface area (Å²) in [5.41, 5.74) is 1.43. The van der Waals surface area contributed by atoms with Gasteiger partial charge in [-0.1, -0.05) is 49.4 Å². The summed E-state index contributed by atoms with van der Waals surface area (Å²) in [6.45, 7) is 2.21. The maximum atomic E-state index is 8.65. The Morgan fingerprint density at radius 3 is 1.75 bits per heavy atom. The van der Waals surface area contributed by atoms with Crippen LogP contribution < -0.4 is 0 Å². The Morgan fingerprint density at radius 1 is 0.625 bits per heavy atom. The van der Waals surface area contributed by atoms with E-state index < -0.39 is 0 Å². The zero-order valence-corrected chi connectivity index (χ0v) is 13.6. The fraction of sp³-hybridized carbons (Fsp3) is 0.0909. The normalized spacial score (nSPS) is 10.4. The lowest BCUT2D eigenvalue weighted by Crippen LogP contribution is -1.83. The third-order valence-electron chi connectivity index (χ3n) is 4.07. The van der Waals surface area contributed by atoms with Crippen LogP contribution >= 0.6 is 0 Å². The van der Waals surface area contributed by atoms with Crippen molar-refractivity contribution >= 4 is 21.5 Å². The number of phenols is 2. The average Bonchev–Trinajstić information content (AvgIpc) is 2.62. The fourth-order valence-electron chi connectivity index (χ4n) is 2.79. The highest BCUT2D eigenvalue weighted by molar-refractivity contribution is 5.99. The van der Waals surface area contributed by atoms with Crippen LogP contribution in [-0.2, 0) is 6.42 Å². The lowest BCUT2D eigenvalue weighted by molar-refractivity contribution is 0.460. The van der Waals surface area contributed by atoms with Crippen LogP contribution in [0, 0.1) is 0 Å². The van der Waals surface area contributed by atoms with Gasteiger partial charge in [-0.05, 0) is 69.9 Å². The van der Waals surface area contributed by atoms with Gasteiger partial charge in [0, 0.05) is 0 Å². The number of aromatic hydroxyl groups is 2. The van der Waals surface area contributed by atoms with Crippen molar-refractivity contribution < 1.29 is 10.2 Å². The summed E-state index contributed by atoms with van der Waals surface area (Å²) in [7, 11) is 0. The highest BCUT2D eigenvalue weighted by Gasteiger charge is 2.00. The number of phenolic OH excluding ortho intramolecular Hbond substituents is 2. The van der Waals surface area contributed by atoms with Gasteiger partial charge in [-0.3, -0.25) is 0 Å². The van der Waals surface area contributed by atoms with E-state index in [0.29, 0.717) is 0 Å². The van der Waals surface area contributed by atoms with Crippen LogP contribution in [0.5, 0.6) is 11.5 Å². The molecule has 4 aromatic carbocycles. The van der Waals surface area contributed by atoms with Crippen molar-refractivity contribution in [3.63, 3.8) is 0 Å². The Hall–Kier alpha value is -3.00. The van der Waals surface area contributed by atoms with Crippen molar-refractivity contribution in [1.29, 1.82) is 0 Å². The molecule has 0 heterocycles. The molecule has 0 aliphatic rings. The third-order valence-corrected chi connectivity index (χ3v) is 4.07. The molecular formula is C22H20O2. The summed E-state index contributed by atoms with van der Waals surface area (Å²) in [5, 5.41) is 22.7. The van der Waals surface area contributed by atoms with Crippen molar-refractivity contribution in [2.24, 2.45) is 0 Å². The zero-order chi connectivity index (χ0) is 16.9. The van der Waals surface area contributed by atoms with Gasteiger partial charge in [0.2, 0.25) is 0 Å². The highest BCUT2D eigenvalue weighted by Crippen LogP contribution is 2.25. The maximum absolute atomic E-state index is 8.65. The van der Waals surface area contributed by atoms with E-state index in [9.17, 15) is 0 Å². The van der Waals surface area contributed by atoms with Gasteiger partial charge in [0.15, 0.2) is 0 Å². The van der Waals surface area contributed by atoms with Crippen LogP contribution in [0.2, 0.25) is 0 Å². The van der Waals surface area contributed by atoms with E-state index in [0.717, 1.165) is 6.42 Å². The van der Waals surface area contributed by atoms with E-state index in [1.807, 2.05) is 0 Å². The molecule has 0 saturated heterocycles. The van der Waals surface area contributed by atoms with Crippen LogP contribution in [0.4, 0.5) is 0 Å². The molecule has 0 aliphatic heterocycles. The number of benzene rings is 4. The van der Waals surface area contributed by atoms with E-state index >= 15 is 0 Å². The Morgan fingerprint density at radius 2 is 1.17 bits per heavy atom. The smallest absolute Gasteiger partial charge is 0.115 e. The summed E-state index contributed by atoms with van der Waals surface area (Å²) < 4.78 is 0. The first-order valence-electron chi connectivity index (χ1n) is 8.06. The van der Waals surface area contributed by atoms with Crippen molar-refractivity contribution in [3.8, 4) is 11.5 Å². The monoisotopic (exact) mass is 316 g/mol. The van der Waals surface area contributed by atoms with Crippen molar-refractivity contribution in [2.75, 3.05) is 0 Å². The number of hydrogen-bond donors (Lipinski definition) is 2. The minimum atomic E-state index is 0.169. The van der Waals surface area contributed by atoms with Crippen LogP contribution in [0.3, 0.4) is 0 Å². The zero-order valence-electron chi connectivity index (χ0n) is 13.6. The average molecular weight is 316 g/mol. The first-order valence-corrected chi connectivity index (χ1v) is 8.06. The second-order valence-electron chi connectivity index (χ2n) is 5.71. The molecule has 2 heteroatoms. The molecule has 4 aromatic rings. The second-order valence-corrected chi connectivity index (χ2v) is 5.71. The van der Waals surface area contributed by atoms with Crippen LogP contribution in [0.1, 0.15) is 12.5 Å². The number of aryl methyl sites for hydroxylation is 1. The van der Waals surface area contributed by atoms with Gasteiger partial charge in [0.1, 0.15) is 11.5 Å². The van der Waals surface area contributed by atoms with E-state index in [1.165, 1.54) is 51.4 Å². The molecule has 2 N–H and O–H groups in total. The molecule has 0 unspecified atom stereocenters. The van der Waals surface area contributed by atoms with Gasteiger partial charge in [-0.25, -0.2) is 0 Å². The Bertz CT molecular complexity index is 935. The Kier molecular flexibility index (Phi) is 4.66. The largest absolute Gasteiger partial charge is 0.508 e. The first kappa shape index (κ1) is 15.9. The molecule has 24 heavy (non-hydrogen) atoms. The summed E-state index contributed by atoms with van der Waals surface area (Å²) >= 11 is 0. The standard InChI is InChI=1S/C16H14.C6H6O2/c1-2-12-8-5-9-15-10-13-6-3-4-7-14(13)11-16(12)15;7-5-1-2-6(8)4-3-5/h3-11H,2H2,1H3;1-4,7-8H. The molecule has 0 spiro atoms. The SMILES string of the molecule is CCc1cccc2cc3ccccc3cc12.Oc1ccc(O)cc1. The van der Waals surface area contributed by atoms with E-state index in [2.05, 4.69) is 61.5 Å². The lowest BCUT2D eigenvalue weighted by Gasteiger charge is -2.06. The highest BCUT2D eigenvalue weighted by atomic mass is 16.3. The topological polar surface area (TPSA) is 40.5 Å². The second kappa shape index (κ2) is 7.05. The van der Waals surface area contributed by atoms with Crippen LogP contribution in [0.25, 0.3) is 21.5 Å². The summed E-state index contributed by atoms with van der Waals surface area (Å²) in [5.74, 6) is 0.339. The molecule has 0 amide bonds. The quantitative estimate of drug-likeness (QED) is 0.352. The van der Waals surface area contributed by atoms with Crippen molar-refractivity contribution in [1.82, 2.24) is 0 Å². The van der Waals surface area contributed by atoms with Crippen LogP contribution in [0.15, 0.2) is 78.9 Å². The third kappa shape index (κ3) is 3.49. The lowest BCUT2D eigenvalue weighted by atomic mass is 9.99. The molecule has 4 rings (SSSR count). The van der Waals surface area contributed by atoms with E-state index in [-0.39, 0.29) is 11.5 Å². The summed E-state index contributed by atoms with van der Waals surface area (Å²) in [4.78, 5) is 0. The summed E-state index contributed by atoms with van der Waals surface area (Å²) in [6, 6.07) is 25.4. The van der Waals surface area contributed by atoms with Gasteiger partial charge >= 0.3 is 0 Å². The fourth-order valence-corrected chi connectivity index (χ4v) is 2.79. The number of rotatable bonds is 1. The predicted octanol–water partition coefficient (Wildman–Crippen LogP) is 5.65. The molecule has 0 aromatic heterocycles. The predicted molar refractivity (Wildman–Crippen MR) is 101 cm³/mol. The molecule has 0 saturated carbocycles. The van der Waals surface area contributed by atoms with Gasteiger partial charge in [0.05, 0.1) is 0 Å². The number of fused-ring (bicyclic) bond motifs is 2. The molecule has 2 nitrogen and oxygen atoms in total. The molecule has 120 valence electrons. The molecule has 0 radical (unpaired) electrons. The van der Waals surface area contributed by atoms with Crippen LogP contribution in [-0.4, -0.2) is 10.2 Å². The summed E-state index contributed by atoms with van der Waals surface area (Å²) in [6.07, 6.45) is 1.09. The van der Waals surface area contributed by atoms with E-state index in [1.54, 1.807) is 0 Å². The maximum Gasteiger partial charge on any atom is 0.115 e. The molecule has 0 fully saturated rings. The van der Waals surface area contributed by atoms with Gasteiger partial charge in [0.25, 0.3) is 0 Å². The Balaban J connectivity index is 0.000000179. The molecule has 0 bridgehead atoms. The molecule has 0 atom stereocenters. The van der Waals surface area contributed by atoms with Crippen molar-refractivity contribution in [3.05, 3.63) is 84.4 Å². The van der Waals surface area contributed by atoms with Gasteiger partial charge in [-0.15, -0.1) is 0 Å². The molecular weight excluding hydrogens is 296 g/mol. The Labute approximate surface area is 141 Å². The first-order chi connectivity index (χ1) is 11.7. The minimum absolute atomic E-state index is 0.169. The van der Waals surface area contributed by atoms with Gasteiger partial charge in [-0.2, -0.15) is 0 Å². The van der Waals surface area contributed by atoms with Crippen molar-refractivity contribution in [2.45, 2.75) is 13.3 Å². The minimum Gasteiger partial charge on any atom is -0.508 e. The molecule has 0 aliphatic carbocycles.